The number of carboxylic acid groups (broad SMARTS) is 2. The molecule has 0 aliphatic rings. The van der Waals surface area contributed by atoms with Crippen LogP contribution in [0.1, 0.15) is 43.9 Å². The number of ether oxygens (including phenoxy) is 1. The van der Waals surface area contributed by atoms with Crippen molar-refractivity contribution in [1.29, 1.82) is 5.41 Å². The predicted molar refractivity (Wildman–Crippen MR) is 134 cm³/mol. The summed E-state index contributed by atoms with van der Waals surface area (Å²) in [5.74, 6) is -2.25. The molecule has 1 atom stereocenters. The lowest BCUT2D eigenvalue weighted by Gasteiger charge is -2.32. The molecule has 1 unspecified atom stereocenters. The highest BCUT2D eigenvalue weighted by molar-refractivity contribution is 5.95. The topological polar surface area (TPSA) is 149 Å². The fourth-order valence-corrected chi connectivity index (χ4v) is 3.63. The third-order valence-corrected chi connectivity index (χ3v) is 5.41. The maximum Gasteiger partial charge on any atom is 0.334 e. The molecule has 10 heteroatoms. The van der Waals surface area contributed by atoms with E-state index >= 15 is 0 Å². The third kappa shape index (κ3) is 7.10. The van der Waals surface area contributed by atoms with Crippen LogP contribution >= 0.6 is 12.4 Å². The number of benzene rings is 2. The van der Waals surface area contributed by atoms with Crippen molar-refractivity contribution >= 4 is 35.9 Å². The van der Waals surface area contributed by atoms with E-state index in [0.717, 1.165) is 18.7 Å². The smallest absolute Gasteiger partial charge is 0.334 e. The molecule has 186 valence electrons. The quantitative estimate of drug-likeness (QED) is 0.210. The number of nitrogen functional groups attached to an aromatic ring is 1. The standard InChI is InChI=1S/C24H32N4O5.ClH/c1-4-28(5-2)15-16-11-18(13-20(12-16)33-6-3)24(23(31)32,14-21(29)30)27-19-9-7-17(8-10-19)22(25)26;/h7-13,27H,4-6,14-15H2,1-3H3,(H3,25,26)(H,29,30)(H,31,32);1H. The molecule has 2 aromatic rings. The van der Waals surface area contributed by atoms with E-state index in [0.29, 0.717) is 30.2 Å². The third-order valence-electron chi connectivity index (χ3n) is 5.41. The van der Waals surface area contributed by atoms with Crippen molar-refractivity contribution in [2.45, 2.75) is 39.3 Å². The zero-order valence-corrected chi connectivity index (χ0v) is 20.4. The molecule has 2 aromatic carbocycles. The van der Waals surface area contributed by atoms with Gasteiger partial charge in [0.05, 0.1) is 13.0 Å². The number of anilines is 1. The molecular weight excluding hydrogens is 460 g/mol. The Balaban J connectivity index is 0.00000578. The molecule has 0 fully saturated rings. The molecule has 0 aliphatic heterocycles. The Hall–Kier alpha value is -3.30. The number of nitrogens with one attached hydrogen (secondary N) is 2. The minimum Gasteiger partial charge on any atom is -0.494 e. The van der Waals surface area contributed by atoms with Gasteiger partial charge in [-0.25, -0.2) is 4.79 Å². The first-order chi connectivity index (χ1) is 15.6. The number of hydrogen-bond donors (Lipinski definition) is 5. The zero-order valence-electron chi connectivity index (χ0n) is 19.6. The van der Waals surface area contributed by atoms with E-state index in [4.69, 9.17) is 15.9 Å². The van der Waals surface area contributed by atoms with Gasteiger partial charge in [0, 0.05) is 17.8 Å². The van der Waals surface area contributed by atoms with Gasteiger partial charge >= 0.3 is 11.9 Å². The second-order valence-corrected chi connectivity index (χ2v) is 7.66. The van der Waals surface area contributed by atoms with Gasteiger partial charge in [-0.05, 0) is 67.5 Å². The minimum atomic E-state index is -1.95. The van der Waals surface area contributed by atoms with Crippen LogP contribution in [0.4, 0.5) is 5.69 Å². The molecule has 0 saturated carbocycles. The first-order valence-corrected chi connectivity index (χ1v) is 10.8. The van der Waals surface area contributed by atoms with Gasteiger partial charge in [0.15, 0.2) is 5.54 Å². The number of aliphatic carboxylic acids is 2. The highest BCUT2D eigenvalue weighted by Crippen LogP contribution is 2.34. The minimum absolute atomic E-state index is 0. The number of rotatable bonds is 13. The van der Waals surface area contributed by atoms with Gasteiger partial charge in [-0.3, -0.25) is 15.1 Å². The molecule has 6 N–H and O–H groups in total. The van der Waals surface area contributed by atoms with Gasteiger partial charge in [0.25, 0.3) is 0 Å². The van der Waals surface area contributed by atoms with Crippen molar-refractivity contribution in [3.63, 3.8) is 0 Å². The van der Waals surface area contributed by atoms with Gasteiger partial charge in [-0.1, -0.05) is 19.9 Å². The Morgan fingerprint density at radius 3 is 2.18 bits per heavy atom. The van der Waals surface area contributed by atoms with Crippen LogP contribution in [-0.2, 0) is 21.7 Å². The molecule has 2 rings (SSSR count). The van der Waals surface area contributed by atoms with E-state index in [1.807, 2.05) is 26.8 Å². The lowest BCUT2D eigenvalue weighted by atomic mass is 9.84. The largest absolute Gasteiger partial charge is 0.494 e. The summed E-state index contributed by atoms with van der Waals surface area (Å²) in [5, 5.41) is 30.4. The van der Waals surface area contributed by atoms with Crippen molar-refractivity contribution in [2.24, 2.45) is 5.73 Å². The Morgan fingerprint density at radius 1 is 1.09 bits per heavy atom. The van der Waals surface area contributed by atoms with Crippen molar-refractivity contribution in [2.75, 3.05) is 25.0 Å². The van der Waals surface area contributed by atoms with Crippen LogP contribution in [0.15, 0.2) is 42.5 Å². The number of carboxylic acids is 2. The number of amidine groups is 1. The molecule has 34 heavy (non-hydrogen) atoms. The van der Waals surface area contributed by atoms with Gasteiger partial charge in [0.1, 0.15) is 11.6 Å². The van der Waals surface area contributed by atoms with E-state index in [1.165, 1.54) is 0 Å². The summed E-state index contributed by atoms with van der Waals surface area (Å²) in [4.78, 5) is 26.6. The molecule has 0 radical (unpaired) electrons. The number of carbonyl (C=O) groups is 2. The summed E-state index contributed by atoms with van der Waals surface area (Å²) in [5.41, 5.74) is 5.50. The molecule has 0 spiro atoms. The summed E-state index contributed by atoms with van der Waals surface area (Å²) in [7, 11) is 0. The van der Waals surface area contributed by atoms with Gasteiger partial charge in [-0.2, -0.15) is 0 Å². The Bertz CT molecular complexity index is 995. The SMILES string of the molecule is CCOc1cc(CN(CC)CC)cc(C(CC(=O)O)(Nc2ccc(C(=N)N)cc2)C(=O)O)c1.Cl. The van der Waals surface area contributed by atoms with E-state index in [-0.39, 0.29) is 23.8 Å². The van der Waals surface area contributed by atoms with Crippen molar-refractivity contribution in [3.05, 3.63) is 59.2 Å². The predicted octanol–water partition coefficient (Wildman–Crippen LogP) is 3.50. The first-order valence-electron chi connectivity index (χ1n) is 10.8. The molecule has 0 aromatic heterocycles. The lowest BCUT2D eigenvalue weighted by Crippen LogP contribution is -2.45. The first kappa shape index (κ1) is 28.7. The second-order valence-electron chi connectivity index (χ2n) is 7.66. The molecule has 0 aliphatic carbocycles. The van der Waals surface area contributed by atoms with E-state index in [1.54, 1.807) is 36.4 Å². The number of nitrogens with zero attached hydrogens (tertiary/aromatic N) is 1. The number of halogens is 1. The Labute approximate surface area is 205 Å². The van der Waals surface area contributed by atoms with Crippen LogP contribution in [0, 0.1) is 5.41 Å². The van der Waals surface area contributed by atoms with Gasteiger partial charge in [-0.15, -0.1) is 12.4 Å². The monoisotopic (exact) mass is 492 g/mol. The number of nitrogens with two attached hydrogens (primary N) is 1. The highest BCUT2D eigenvalue weighted by Gasteiger charge is 2.43. The molecule has 0 bridgehead atoms. The zero-order chi connectivity index (χ0) is 24.6. The van der Waals surface area contributed by atoms with Gasteiger partial charge < -0.3 is 26.0 Å². The van der Waals surface area contributed by atoms with Gasteiger partial charge in [0.2, 0.25) is 0 Å². The average molecular weight is 493 g/mol. The fraction of sp³-hybridized carbons (Fsp3) is 0.375. The highest BCUT2D eigenvalue weighted by atomic mass is 35.5. The van der Waals surface area contributed by atoms with Crippen LogP contribution in [0.3, 0.4) is 0 Å². The lowest BCUT2D eigenvalue weighted by molar-refractivity contribution is -0.149. The van der Waals surface area contributed by atoms with E-state index in [2.05, 4.69) is 10.2 Å². The summed E-state index contributed by atoms with van der Waals surface area (Å²) < 4.78 is 5.68. The molecular formula is C24H33ClN4O5. The Morgan fingerprint density at radius 2 is 1.71 bits per heavy atom. The maximum absolute atomic E-state index is 12.6. The second kappa shape index (κ2) is 12.8. The van der Waals surface area contributed by atoms with Crippen LogP contribution in [-0.4, -0.2) is 52.6 Å². The van der Waals surface area contributed by atoms with E-state index < -0.39 is 23.9 Å². The molecule has 0 amide bonds. The fourth-order valence-electron chi connectivity index (χ4n) is 3.63. The van der Waals surface area contributed by atoms with E-state index in [9.17, 15) is 19.8 Å². The molecule has 0 heterocycles. The van der Waals surface area contributed by atoms with Crippen LogP contribution in [0.2, 0.25) is 0 Å². The van der Waals surface area contributed by atoms with Crippen molar-refractivity contribution in [1.82, 2.24) is 4.90 Å². The van der Waals surface area contributed by atoms with Crippen LogP contribution < -0.4 is 15.8 Å². The van der Waals surface area contributed by atoms with Crippen molar-refractivity contribution in [3.8, 4) is 5.75 Å². The Kier molecular flexibility index (Phi) is 10.8. The summed E-state index contributed by atoms with van der Waals surface area (Å²) in [6.45, 7) is 8.47. The summed E-state index contributed by atoms with van der Waals surface area (Å²) >= 11 is 0. The average Bonchev–Trinajstić information content (AvgIpc) is 2.77. The summed E-state index contributed by atoms with van der Waals surface area (Å²) in [6.07, 6.45) is -0.697. The maximum atomic E-state index is 12.6. The van der Waals surface area contributed by atoms with Crippen LogP contribution in [0.25, 0.3) is 0 Å². The van der Waals surface area contributed by atoms with Crippen molar-refractivity contribution < 1.29 is 24.5 Å². The normalized spacial score (nSPS) is 12.4. The summed E-state index contributed by atoms with van der Waals surface area (Å²) in [6, 6.07) is 11.4. The molecule has 0 saturated heterocycles. The number of hydrogen-bond acceptors (Lipinski definition) is 6. The van der Waals surface area contributed by atoms with Crippen LogP contribution in [0.5, 0.6) is 5.75 Å². The molecule has 9 nitrogen and oxygen atoms in total.